The van der Waals surface area contributed by atoms with Crippen LogP contribution in [0.2, 0.25) is 0 Å². The Bertz CT molecular complexity index is 740. The molecule has 1 aromatic carbocycles. The van der Waals surface area contributed by atoms with Crippen LogP contribution in [0.5, 0.6) is 5.75 Å². The third-order valence-electron chi connectivity index (χ3n) is 8.51. The number of benzene rings is 1. The normalized spacial score (nSPS) is 33.6. The van der Waals surface area contributed by atoms with Gasteiger partial charge in [0.2, 0.25) is 5.82 Å². The second-order valence-electron chi connectivity index (χ2n) is 10.4. The molecule has 178 valence electrons. The second-order valence-corrected chi connectivity index (χ2v) is 10.4. The molecular weight excluding hydrogens is 406 g/mol. The van der Waals surface area contributed by atoms with E-state index < -0.39 is 11.6 Å². The fraction of sp³-hybridized carbons (Fsp3) is 0.714. The average Bonchev–Trinajstić information content (AvgIpc) is 2.85. The van der Waals surface area contributed by atoms with E-state index in [1.165, 1.54) is 32.1 Å². The molecule has 1 aliphatic heterocycles. The van der Waals surface area contributed by atoms with E-state index in [2.05, 4.69) is 6.58 Å². The number of halogens is 2. The van der Waals surface area contributed by atoms with Crippen LogP contribution < -0.4 is 4.74 Å². The second kappa shape index (κ2) is 11.1. The molecule has 0 amide bonds. The molecule has 3 aliphatic rings. The maximum absolute atomic E-state index is 14.7. The van der Waals surface area contributed by atoms with Crippen molar-refractivity contribution < 1.29 is 18.3 Å². The van der Waals surface area contributed by atoms with Crippen LogP contribution in [0.15, 0.2) is 24.8 Å². The maximum atomic E-state index is 14.7. The topological polar surface area (TPSA) is 18.5 Å². The largest absolute Gasteiger partial charge is 0.490 e. The third-order valence-corrected chi connectivity index (χ3v) is 8.51. The Hall–Kier alpha value is -1.42. The van der Waals surface area contributed by atoms with Crippen LogP contribution in [-0.4, -0.2) is 19.3 Å². The Morgan fingerprint density at radius 1 is 0.875 bits per heavy atom. The average molecular weight is 447 g/mol. The van der Waals surface area contributed by atoms with Crippen LogP contribution >= 0.6 is 0 Å². The van der Waals surface area contributed by atoms with E-state index in [9.17, 15) is 8.78 Å². The van der Waals surface area contributed by atoms with Crippen molar-refractivity contribution in [3.8, 4) is 5.75 Å². The summed E-state index contributed by atoms with van der Waals surface area (Å²) in [7, 11) is 0. The van der Waals surface area contributed by atoms with E-state index in [1.54, 1.807) is 12.1 Å². The van der Waals surface area contributed by atoms with Gasteiger partial charge in [0.15, 0.2) is 11.6 Å². The summed E-state index contributed by atoms with van der Waals surface area (Å²) < 4.78 is 40.4. The monoisotopic (exact) mass is 446 g/mol. The van der Waals surface area contributed by atoms with Gasteiger partial charge in [-0.05, 0) is 112 Å². The molecule has 32 heavy (non-hydrogen) atoms. The highest BCUT2D eigenvalue weighted by Gasteiger charge is 2.35. The van der Waals surface area contributed by atoms with E-state index in [1.807, 2.05) is 13.0 Å². The first-order valence-electron chi connectivity index (χ1n) is 13.0. The molecule has 2 unspecified atom stereocenters. The Balaban J connectivity index is 1.25. The lowest BCUT2D eigenvalue weighted by atomic mass is 9.66. The van der Waals surface area contributed by atoms with Crippen LogP contribution in [0.4, 0.5) is 8.78 Å². The lowest BCUT2D eigenvalue weighted by Gasteiger charge is -2.41. The Kier molecular flexibility index (Phi) is 8.26. The predicted molar refractivity (Wildman–Crippen MR) is 125 cm³/mol. The maximum Gasteiger partial charge on any atom is 0.200 e. The minimum atomic E-state index is -0.817. The quantitative estimate of drug-likeness (QED) is 0.398. The molecule has 1 saturated heterocycles. The number of rotatable bonds is 7. The van der Waals surface area contributed by atoms with Crippen molar-refractivity contribution in [3.63, 3.8) is 0 Å². The van der Waals surface area contributed by atoms with Crippen molar-refractivity contribution in [2.45, 2.75) is 89.6 Å². The Morgan fingerprint density at radius 3 is 2.03 bits per heavy atom. The molecule has 2 aliphatic carbocycles. The third kappa shape index (κ3) is 5.38. The van der Waals surface area contributed by atoms with Crippen LogP contribution in [0, 0.1) is 35.3 Å². The van der Waals surface area contributed by atoms with Gasteiger partial charge in [0.05, 0.1) is 19.3 Å². The zero-order valence-electron chi connectivity index (χ0n) is 19.7. The first kappa shape index (κ1) is 23.7. The molecule has 2 nitrogen and oxygen atoms in total. The SMILES string of the molecule is C=CC1CCC(C2CCC(C3CCC(c4ccc(OCCC)c(F)c4F)CC3)CC2)CO1. The van der Waals surface area contributed by atoms with Crippen molar-refractivity contribution >= 4 is 0 Å². The molecule has 0 N–H and O–H groups in total. The van der Waals surface area contributed by atoms with Crippen LogP contribution in [0.3, 0.4) is 0 Å². The smallest absolute Gasteiger partial charge is 0.200 e. The van der Waals surface area contributed by atoms with Gasteiger partial charge >= 0.3 is 0 Å². The van der Waals surface area contributed by atoms with Crippen molar-refractivity contribution in [2.75, 3.05) is 13.2 Å². The molecule has 1 heterocycles. The fourth-order valence-electron chi connectivity index (χ4n) is 6.52. The van der Waals surface area contributed by atoms with Gasteiger partial charge in [-0.25, -0.2) is 4.39 Å². The van der Waals surface area contributed by atoms with Crippen LogP contribution in [0.1, 0.15) is 89.0 Å². The number of hydrogen-bond acceptors (Lipinski definition) is 2. The molecule has 3 fully saturated rings. The minimum absolute atomic E-state index is 0.0434. The highest BCUT2D eigenvalue weighted by molar-refractivity contribution is 5.33. The van der Waals surface area contributed by atoms with Crippen molar-refractivity contribution in [1.29, 1.82) is 0 Å². The van der Waals surface area contributed by atoms with Gasteiger partial charge in [-0.2, -0.15) is 4.39 Å². The van der Waals surface area contributed by atoms with E-state index >= 15 is 0 Å². The van der Waals surface area contributed by atoms with Gasteiger partial charge in [0, 0.05) is 0 Å². The van der Waals surface area contributed by atoms with E-state index in [0.29, 0.717) is 12.2 Å². The molecule has 2 atom stereocenters. The highest BCUT2D eigenvalue weighted by atomic mass is 19.2. The van der Waals surface area contributed by atoms with Gasteiger partial charge in [-0.15, -0.1) is 6.58 Å². The summed E-state index contributed by atoms with van der Waals surface area (Å²) in [5.41, 5.74) is 0.545. The summed E-state index contributed by atoms with van der Waals surface area (Å²) in [6.07, 6.45) is 14.9. The van der Waals surface area contributed by atoms with Crippen LogP contribution in [0.25, 0.3) is 0 Å². The van der Waals surface area contributed by atoms with Gasteiger partial charge in [0.1, 0.15) is 0 Å². The summed E-state index contributed by atoms with van der Waals surface area (Å²) in [4.78, 5) is 0. The molecular formula is C28H40F2O2. The molecule has 0 radical (unpaired) electrons. The summed E-state index contributed by atoms with van der Waals surface area (Å²) >= 11 is 0. The Labute approximate surface area is 192 Å². The van der Waals surface area contributed by atoms with Crippen molar-refractivity contribution in [3.05, 3.63) is 42.0 Å². The first-order valence-corrected chi connectivity index (χ1v) is 13.0. The lowest BCUT2D eigenvalue weighted by Crippen LogP contribution is -2.33. The first-order chi connectivity index (χ1) is 15.6. The highest BCUT2D eigenvalue weighted by Crippen LogP contribution is 2.46. The molecule has 0 aromatic heterocycles. The van der Waals surface area contributed by atoms with E-state index in [4.69, 9.17) is 9.47 Å². The summed E-state index contributed by atoms with van der Waals surface area (Å²) in [5.74, 6) is 1.77. The van der Waals surface area contributed by atoms with Gasteiger partial charge < -0.3 is 9.47 Å². The van der Waals surface area contributed by atoms with Gasteiger partial charge in [0.25, 0.3) is 0 Å². The van der Waals surface area contributed by atoms with Gasteiger partial charge in [-0.1, -0.05) is 19.1 Å². The molecule has 4 rings (SSSR count). The van der Waals surface area contributed by atoms with Crippen LogP contribution in [-0.2, 0) is 4.74 Å². The number of hydrogen-bond donors (Lipinski definition) is 0. The summed E-state index contributed by atoms with van der Waals surface area (Å²) in [6, 6.07) is 3.37. The molecule has 4 heteroatoms. The van der Waals surface area contributed by atoms with Crippen molar-refractivity contribution in [1.82, 2.24) is 0 Å². The fourth-order valence-corrected chi connectivity index (χ4v) is 6.52. The van der Waals surface area contributed by atoms with E-state index in [0.717, 1.165) is 68.8 Å². The minimum Gasteiger partial charge on any atom is -0.490 e. The molecule has 0 spiro atoms. The van der Waals surface area contributed by atoms with Crippen molar-refractivity contribution in [2.24, 2.45) is 23.7 Å². The predicted octanol–water partition coefficient (Wildman–Crippen LogP) is 7.82. The summed E-state index contributed by atoms with van der Waals surface area (Å²) in [6.45, 7) is 7.13. The summed E-state index contributed by atoms with van der Waals surface area (Å²) in [5, 5.41) is 0. The van der Waals surface area contributed by atoms with E-state index in [-0.39, 0.29) is 17.8 Å². The molecule has 0 bridgehead atoms. The molecule has 1 aromatic rings. The molecule has 2 saturated carbocycles. The Morgan fingerprint density at radius 2 is 1.47 bits per heavy atom. The van der Waals surface area contributed by atoms with Gasteiger partial charge in [-0.3, -0.25) is 0 Å². The standard InChI is InChI=1S/C28H40F2O2/c1-3-17-31-26-16-15-25(27(29)28(26)30)22-11-9-20(10-12-22)19-5-7-21(8-6-19)23-13-14-24(4-2)32-18-23/h4,15-16,19-24H,2-3,5-14,17-18H2,1H3. The number of ether oxygens (including phenoxy) is 2. The zero-order valence-corrected chi connectivity index (χ0v) is 19.7. The lowest BCUT2D eigenvalue weighted by molar-refractivity contribution is -0.0189. The zero-order chi connectivity index (χ0) is 22.5.